The van der Waals surface area contributed by atoms with E-state index >= 15 is 0 Å². The number of aromatic nitrogens is 1. The van der Waals surface area contributed by atoms with Crippen LogP contribution >= 0.6 is 0 Å². The van der Waals surface area contributed by atoms with Gasteiger partial charge in [0.05, 0.1) is 11.5 Å². The van der Waals surface area contributed by atoms with E-state index in [-0.39, 0.29) is 4.90 Å². The first kappa shape index (κ1) is 15.9. The van der Waals surface area contributed by atoms with Gasteiger partial charge in [0.25, 0.3) is 10.1 Å². The average Bonchev–Trinajstić information content (AvgIpc) is 2.40. The van der Waals surface area contributed by atoms with Crippen LogP contribution in [0.2, 0.25) is 0 Å². The molecule has 7 heteroatoms. The van der Waals surface area contributed by atoms with E-state index in [0.29, 0.717) is 18.2 Å². The highest BCUT2D eigenvalue weighted by molar-refractivity contribution is 7.85. The molecule has 0 aliphatic carbocycles. The molecule has 20 heavy (non-hydrogen) atoms. The first-order valence-corrected chi connectivity index (χ1v) is 7.24. The number of anilines is 1. The van der Waals surface area contributed by atoms with Crippen molar-refractivity contribution in [3.8, 4) is 5.75 Å². The smallest absolute Gasteiger partial charge is 0.294 e. The second-order valence-electron chi connectivity index (χ2n) is 3.63. The number of nitrogen functional groups attached to an aromatic ring is 1. The fraction of sp³-hybridized carbons (Fsp3) is 0.154. The Morgan fingerprint density at radius 1 is 1.20 bits per heavy atom. The first-order chi connectivity index (χ1) is 9.43. The Balaban J connectivity index is 0.000000240. The molecule has 1 heterocycles. The molecule has 0 unspecified atom stereocenters. The third-order valence-electron chi connectivity index (χ3n) is 2.12. The predicted octanol–water partition coefficient (Wildman–Crippen LogP) is 2.00. The van der Waals surface area contributed by atoms with Crippen LogP contribution in [0.5, 0.6) is 5.75 Å². The largest absolute Gasteiger partial charge is 0.494 e. The highest BCUT2D eigenvalue weighted by Crippen LogP contribution is 2.15. The Morgan fingerprint density at radius 3 is 2.20 bits per heavy atom. The molecule has 108 valence electrons. The molecular weight excluding hydrogens is 280 g/mol. The van der Waals surface area contributed by atoms with Gasteiger partial charge in [-0.2, -0.15) is 8.42 Å². The molecule has 0 radical (unpaired) electrons. The molecule has 0 saturated carbocycles. The normalized spacial score (nSPS) is 10.3. The molecular formula is C13H16N2O4S. The van der Waals surface area contributed by atoms with Crippen LogP contribution in [0.4, 0.5) is 5.82 Å². The van der Waals surface area contributed by atoms with Gasteiger partial charge in [-0.1, -0.05) is 6.07 Å². The summed E-state index contributed by atoms with van der Waals surface area (Å²) in [5.74, 6) is 1.15. The summed E-state index contributed by atoms with van der Waals surface area (Å²) in [6.45, 7) is 2.35. The van der Waals surface area contributed by atoms with E-state index in [2.05, 4.69) is 4.98 Å². The van der Waals surface area contributed by atoms with Crippen LogP contribution in [0.25, 0.3) is 0 Å². The number of nitrogens with two attached hydrogens (primary N) is 1. The maximum Gasteiger partial charge on any atom is 0.294 e. The van der Waals surface area contributed by atoms with Gasteiger partial charge >= 0.3 is 0 Å². The molecule has 0 saturated heterocycles. The van der Waals surface area contributed by atoms with Gasteiger partial charge in [-0.3, -0.25) is 4.55 Å². The minimum atomic E-state index is -4.09. The maximum absolute atomic E-state index is 10.6. The topological polar surface area (TPSA) is 103 Å². The van der Waals surface area contributed by atoms with E-state index in [1.807, 2.05) is 19.1 Å². The Hall–Kier alpha value is -2.12. The van der Waals surface area contributed by atoms with Gasteiger partial charge in [0.1, 0.15) is 11.6 Å². The Labute approximate surface area is 118 Å². The van der Waals surface area contributed by atoms with Crippen molar-refractivity contribution in [2.45, 2.75) is 11.8 Å². The molecule has 0 bridgehead atoms. The fourth-order valence-corrected chi connectivity index (χ4v) is 1.73. The first-order valence-electron chi connectivity index (χ1n) is 5.80. The van der Waals surface area contributed by atoms with Gasteiger partial charge in [-0.25, -0.2) is 4.98 Å². The summed E-state index contributed by atoms with van der Waals surface area (Å²) in [5, 5.41) is 0. The Kier molecular flexibility index (Phi) is 5.95. The lowest BCUT2D eigenvalue weighted by atomic mass is 10.3. The standard InChI is InChI=1S/C8H10O4S.C5H6N2/c1-2-12-7-3-5-8(6-4-7)13(9,10)11;6-5-3-1-2-4-7-5/h3-6H,2H2,1H3,(H,9,10,11);1-4H,(H2,6,7). The summed E-state index contributed by atoms with van der Waals surface area (Å²) in [4.78, 5) is 3.63. The molecule has 3 N–H and O–H groups in total. The lowest BCUT2D eigenvalue weighted by Gasteiger charge is -2.02. The summed E-state index contributed by atoms with van der Waals surface area (Å²) < 4.78 is 35.0. The van der Waals surface area contributed by atoms with Crippen LogP contribution in [0, 0.1) is 0 Å². The van der Waals surface area contributed by atoms with Crippen molar-refractivity contribution in [3.63, 3.8) is 0 Å². The zero-order chi connectivity index (χ0) is 15.0. The lowest BCUT2D eigenvalue weighted by Crippen LogP contribution is -1.98. The van der Waals surface area contributed by atoms with Gasteiger partial charge in [0.15, 0.2) is 0 Å². The summed E-state index contributed by atoms with van der Waals surface area (Å²) in [5.41, 5.74) is 5.25. The molecule has 0 aliphatic rings. The number of ether oxygens (including phenoxy) is 1. The van der Waals surface area contributed by atoms with Crippen LogP contribution in [0.1, 0.15) is 6.92 Å². The van der Waals surface area contributed by atoms with Crippen LogP contribution in [0.15, 0.2) is 53.6 Å². The van der Waals surface area contributed by atoms with E-state index in [1.165, 1.54) is 24.3 Å². The minimum Gasteiger partial charge on any atom is -0.494 e. The van der Waals surface area contributed by atoms with E-state index in [9.17, 15) is 8.42 Å². The minimum absolute atomic E-state index is 0.129. The number of benzene rings is 1. The number of hydrogen-bond acceptors (Lipinski definition) is 5. The molecule has 1 aromatic heterocycles. The number of pyridine rings is 1. The SMILES string of the molecule is CCOc1ccc(S(=O)(=O)O)cc1.Nc1ccccn1. The zero-order valence-corrected chi connectivity index (χ0v) is 11.7. The number of hydrogen-bond donors (Lipinski definition) is 2. The predicted molar refractivity (Wildman–Crippen MR) is 76.1 cm³/mol. The molecule has 0 atom stereocenters. The quantitative estimate of drug-likeness (QED) is 0.840. The van der Waals surface area contributed by atoms with Crippen LogP contribution < -0.4 is 10.5 Å². The van der Waals surface area contributed by atoms with E-state index in [0.717, 1.165) is 0 Å². The number of rotatable bonds is 3. The summed E-state index contributed by atoms with van der Waals surface area (Å²) in [6.07, 6.45) is 1.66. The van der Waals surface area contributed by atoms with Crippen molar-refractivity contribution in [1.29, 1.82) is 0 Å². The van der Waals surface area contributed by atoms with Crippen molar-refractivity contribution >= 4 is 15.9 Å². The van der Waals surface area contributed by atoms with Crippen molar-refractivity contribution in [1.82, 2.24) is 4.98 Å². The van der Waals surface area contributed by atoms with Gasteiger partial charge in [0, 0.05) is 6.20 Å². The molecule has 1 aromatic carbocycles. The summed E-state index contributed by atoms with van der Waals surface area (Å²) >= 11 is 0. The van der Waals surface area contributed by atoms with E-state index < -0.39 is 10.1 Å². The monoisotopic (exact) mass is 296 g/mol. The van der Waals surface area contributed by atoms with Crippen LogP contribution in [0.3, 0.4) is 0 Å². The molecule has 6 nitrogen and oxygen atoms in total. The van der Waals surface area contributed by atoms with Crippen molar-refractivity contribution < 1.29 is 17.7 Å². The van der Waals surface area contributed by atoms with Crippen molar-refractivity contribution in [2.75, 3.05) is 12.3 Å². The third-order valence-corrected chi connectivity index (χ3v) is 2.99. The third kappa shape index (κ3) is 5.68. The summed E-state index contributed by atoms with van der Waals surface area (Å²) in [6, 6.07) is 11.0. The molecule has 2 aromatic rings. The summed E-state index contributed by atoms with van der Waals surface area (Å²) in [7, 11) is -4.09. The van der Waals surface area contributed by atoms with Gasteiger partial charge in [-0.05, 0) is 43.3 Å². The molecule has 0 spiro atoms. The second-order valence-corrected chi connectivity index (χ2v) is 5.06. The maximum atomic E-state index is 10.6. The van der Waals surface area contributed by atoms with Gasteiger partial charge < -0.3 is 10.5 Å². The molecule has 0 fully saturated rings. The molecule has 0 amide bonds. The number of nitrogens with zero attached hydrogens (tertiary/aromatic N) is 1. The second kappa shape index (κ2) is 7.46. The lowest BCUT2D eigenvalue weighted by molar-refractivity contribution is 0.340. The highest BCUT2D eigenvalue weighted by Gasteiger charge is 2.08. The zero-order valence-electron chi connectivity index (χ0n) is 10.9. The van der Waals surface area contributed by atoms with Gasteiger partial charge in [-0.15, -0.1) is 0 Å². The highest BCUT2D eigenvalue weighted by atomic mass is 32.2. The van der Waals surface area contributed by atoms with E-state index in [4.69, 9.17) is 15.0 Å². The fourth-order valence-electron chi connectivity index (χ4n) is 1.25. The Bertz CT molecular complexity index is 613. The molecule has 0 aliphatic heterocycles. The van der Waals surface area contributed by atoms with Crippen LogP contribution in [-0.2, 0) is 10.1 Å². The van der Waals surface area contributed by atoms with Crippen molar-refractivity contribution in [2.24, 2.45) is 0 Å². The van der Waals surface area contributed by atoms with E-state index in [1.54, 1.807) is 12.3 Å². The van der Waals surface area contributed by atoms with Crippen molar-refractivity contribution in [3.05, 3.63) is 48.7 Å². The Morgan fingerprint density at radius 2 is 1.85 bits per heavy atom. The van der Waals surface area contributed by atoms with Crippen LogP contribution in [-0.4, -0.2) is 24.6 Å². The average molecular weight is 296 g/mol. The van der Waals surface area contributed by atoms with Gasteiger partial charge in [0.2, 0.25) is 0 Å². The molecule has 2 rings (SSSR count).